The van der Waals surface area contributed by atoms with Gasteiger partial charge in [0.05, 0.1) is 25.2 Å². The highest BCUT2D eigenvalue weighted by molar-refractivity contribution is 6.74. The summed E-state index contributed by atoms with van der Waals surface area (Å²) in [6.45, 7) is 13.8. The lowest BCUT2D eigenvalue weighted by Crippen LogP contribution is -2.46. The fraction of sp³-hybridized carbons (Fsp3) is 0.524. The van der Waals surface area contributed by atoms with Crippen LogP contribution >= 0.6 is 0 Å². The number of imidazole rings is 1. The molecular weight excluding hydrogens is 354 g/mol. The molecule has 0 aliphatic rings. The summed E-state index contributed by atoms with van der Waals surface area (Å²) in [5.74, 6) is -0.139. The highest BCUT2D eigenvalue weighted by Gasteiger charge is 2.37. The van der Waals surface area contributed by atoms with Crippen molar-refractivity contribution in [3.63, 3.8) is 0 Å². The summed E-state index contributed by atoms with van der Waals surface area (Å²) in [4.78, 5) is 19.3. The molecule has 2 rings (SSSR count). The van der Waals surface area contributed by atoms with Gasteiger partial charge in [-0.25, -0.2) is 4.98 Å². The van der Waals surface area contributed by atoms with Crippen molar-refractivity contribution in [1.82, 2.24) is 15.3 Å². The van der Waals surface area contributed by atoms with Crippen LogP contribution in [0, 0.1) is 6.92 Å². The third-order valence-corrected chi connectivity index (χ3v) is 9.93. The minimum atomic E-state index is -1.87. The van der Waals surface area contributed by atoms with E-state index in [1.165, 1.54) is 17.5 Å². The zero-order valence-electron chi connectivity index (χ0n) is 17.4. The van der Waals surface area contributed by atoms with E-state index in [1.54, 1.807) is 6.20 Å². The summed E-state index contributed by atoms with van der Waals surface area (Å²) < 4.78 is 6.38. The predicted octanol–water partition coefficient (Wildman–Crippen LogP) is 4.47. The van der Waals surface area contributed by atoms with Crippen LogP contribution in [0.2, 0.25) is 18.1 Å². The monoisotopic (exact) mass is 387 g/mol. The van der Waals surface area contributed by atoms with Crippen LogP contribution in [0.5, 0.6) is 0 Å². The van der Waals surface area contributed by atoms with Gasteiger partial charge in [-0.3, -0.25) is 4.79 Å². The van der Waals surface area contributed by atoms with Gasteiger partial charge in [0.25, 0.3) is 5.91 Å². The average molecular weight is 388 g/mol. The van der Waals surface area contributed by atoms with Gasteiger partial charge >= 0.3 is 0 Å². The number of aromatic amines is 1. The number of amides is 1. The van der Waals surface area contributed by atoms with Gasteiger partial charge in [-0.15, -0.1) is 0 Å². The molecule has 0 spiro atoms. The number of hydrogen-bond donors (Lipinski definition) is 2. The van der Waals surface area contributed by atoms with Crippen LogP contribution in [0.3, 0.4) is 0 Å². The Bertz CT molecular complexity index is 719. The van der Waals surface area contributed by atoms with Crippen LogP contribution in [-0.4, -0.2) is 36.8 Å². The zero-order valence-corrected chi connectivity index (χ0v) is 18.4. The second-order valence-electron chi connectivity index (χ2n) is 8.73. The highest BCUT2D eigenvalue weighted by Crippen LogP contribution is 2.36. The number of aromatic nitrogens is 2. The molecule has 0 radical (unpaired) electrons. The van der Waals surface area contributed by atoms with Gasteiger partial charge in [0.15, 0.2) is 8.32 Å². The number of carbonyl (C=O) groups excluding carboxylic acids is 1. The Morgan fingerprint density at radius 1 is 1.26 bits per heavy atom. The summed E-state index contributed by atoms with van der Waals surface area (Å²) in [5.41, 5.74) is 3.00. The Hall–Kier alpha value is -1.92. The summed E-state index contributed by atoms with van der Waals surface area (Å²) >= 11 is 0. The molecule has 148 valence electrons. The minimum absolute atomic E-state index is 0.0452. The molecule has 27 heavy (non-hydrogen) atoms. The Labute approximate surface area is 164 Å². The van der Waals surface area contributed by atoms with Gasteiger partial charge in [0.2, 0.25) is 0 Å². The number of carbonyl (C=O) groups is 1. The van der Waals surface area contributed by atoms with Crippen molar-refractivity contribution in [2.45, 2.75) is 64.7 Å². The molecule has 1 atom stereocenters. The molecule has 2 aromatic rings. The molecule has 2 N–H and O–H groups in total. The fourth-order valence-electron chi connectivity index (χ4n) is 2.46. The van der Waals surface area contributed by atoms with Crippen molar-refractivity contribution >= 4 is 14.2 Å². The molecule has 1 heterocycles. The van der Waals surface area contributed by atoms with E-state index in [9.17, 15) is 4.79 Å². The smallest absolute Gasteiger partial charge is 0.269 e. The van der Waals surface area contributed by atoms with Crippen LogP contribution < -0.4 is 5.32 Å². The molecule has 0 fully saturated rings. The van der Waals surface area contributed by atoms with E-state index in [4.69, 9.17) is 4.43 Å². The van der Waals surface area contributed by atoms with Crippen molar-refractivity contribution in [3.05, 3.63) is 53.6 Å². The van der Waals surface area contributed by atoms with E-state index in [-0.39, 0.29) is 17.0 Å². The largest absolute Gasteiger partial charge is 0.415 e. The predicted molar refractivity (Wildman–Crippen MR) is 112 cm³/mol. The maximum atomic E-state index is 12.5. The molecule has 5 nitrogen and oxygen atoms in total. The number of aryl methyl sites for hydroxylation is 2. The minimum Gasteiger partial charge on any atom is -0.415 e. The van der Waals surface area contributed by atoms with Crippen LogP contribution in [0.15, 0.2) is 36.8 Å². The molecule has 0 aliphatic carbocycles. The summed E-state index contributed by atoms with van der Waals surface area (Å²) in [6.07, 6.45) is 4.79. The van der Waals surface area contributed by atoms with Crippen LogP contribution in [0.25, 0.3) is 0 Å². The molecule has 1 unspecified atom stereocenters. The maximum Gasteiger partial charge on any atom is 0.269 e. The van der Waals surface area contributed by atoms with Gasteiger partial charge in [-0.1, -0.05) is 50.6 Å². The summed E-state index contributed by atoms with van der Waals surface area (Å²) in [7, 11) is -1.87. The molecule has 1 amide bonds. The second kappa shape index (κ2) is 8.84. The number of H-pyrrole nitrogens is 1. The number of rotatable bonds is 8. The first-order valence-electron chi connectivity index (χ1n) is 9.57. The second-order valence-corrected chi connectivity index (χ2v) is 13.5. The van der Waals surface area contributed by atoms with E-state index in [0.717, 1.165) is 12.8 Å². The van der Waals surface area contributed by atoms with Crippen molar-refractivity contribution in [2.24, 2.45) is 0 Å². The van der Waals surface area contributed by atoms with Gasteiger partial charge < -0.3 is 14.7 Å². The molecule has 1 aromatic carbocycles. The van der Waals surface area contributed by atoms with Crippen LogP contribution in [0.4, 0.5) is 0 Å². The maximum absolute atomic E-state index is 12.5. The van der Waals surface area contributed by atoms with Crippen molar-refractivity contribution in [1.29, 1.82) is 0 Å². The number of nitrogens with zero attached hydrogens (tertiary/aromatic N) is 1. The van der Waals surface area contributed by atoms with Crippen LogP contribution in [-0.2, 0) is 10.8 Å². The number of nitrogens with one attached hydrogen (secondary N) is 2. The van der Waals surface area contributed by atoms with Gasteiger partial charge in [-0.05, 0) is 43.5 Å². The standard InChI is InChI=1S/C21H33N3O2Si/c1-16-7-9-17(10-8-16)11-12-18(14-26-27(5,6)21(2,3)4)24-20(25)19-13-22-15-23-19/h7-10,13,15,18H,11-12,14H2,1-6H3,(H,22,23)(H,24,25). The Kier molecular flexibility index (Phi) is 7.00. The SMILES string of the molecule is Cc1ccc(CCC(CO[Si](C)(C)C(C)(C)C)NC(=O)c2cnc[nH]2)cc1. The molecule has 6 heteroatoms. The zero-order chi connectivity index (χ0) is 20.1. The molecule has 0 saturated heterocycles. The van der Waals surface area contributed by atoms with E-state index < -0.39 is 8.32 Å². The Balaban J connectivity index is 2.03. The first-order chi connectivity index (χ1) is 12.6. The van der Waals surface area contributed by atoms with Gasteiger partial charge in [0.1, 0.15) is 5.69 Å². The molecule has 1 aromatic heterocycles. The quantitative estimate of drug-likeness (QED) is 0.657. The van der Waals surface area contributed by atoms with Crippen molar-refractivity contribution < 1.29 is 9.22 Å². The lowest BCUT2D eigenvalue weighted by Gasteiger charge is -2.37. The third kappa shape index (κ3) is 6.32. The average Bonchev–Trinajstić information content (AvgIpc) is 3.12. The van der Waals surface area contributed by atoms with Crippen molar-refractivity contribution in [2.75, 3.05) is 6.61 Å². The summed E-state index contributed by atoms with van der Waals surface area (Å²) in [6, 6.07) is 8.51. The van der Waals surface area contributed by atoms with E-state index in [0.29, 0.717) is 12.3 Å². The van der Waals surface area contributed by atoms with Gasteiger partial charge in [-0.2, -0.15) is 0 Å². The molecule has 0 aliphatic heterocycles. The fourth-order valence-corrected chi connectivity index (χ4v) is 3.51. The van der Waals surface area contributed by atoms with E-state index >= 15 is 0 Å². The number of hydrogen-bond acceptors (Lipinski definition) is 3. The lowest BCUT2D eigenvalue weighted by molar-refractivity contribution is 0.0911. The van der Waals surface area contributed by atoms with E-state index in [2.05, 4.69) is 80.3 Å². The normalized spacial score (nSPS) is 13.4. The Morgan fingerprint density at radius 2 is 1.93 bits per heavy atom. The first-order valence-corrected chi connectivity index (χ1v) is 12.5. The topological polar surface area (TPSA) is 67.0 Å². The van der Waals surface area contributed by atoms with Gasteiger partial charge in [0, 0.05) is 0 Å². The third-order valence-electron chi connectivity index (χ3n) is 5.43. The first kappa shape index (κ1) is 21.4. The van der Waals surface area contributed by atoms with Crippen molar-refractivity contribution in [3.8, 4) is 0 Å². The van der Waals surface area contributed by atoms with Crippen LogP contribution in [0.1, 0.15) is 48.8 Å². The van der Waals surface area contributed by atoms with E-state index in [1.807, 2.05) is 0 Å². The molecule has 0 bridgehead atoms. The summed E-state index contributed by atoms with van der Waals surface area (Å²) in [5, 5.41) is 3.25. The highest BCUT2D eigenvalue weighted by atomic mass is 28.4. The number of benzene rings is 1. The Morgan fingerprint density at radius 3 is 2.48 bits per heavy atom. The molecular formula is C21H33N3O2Si. The molecule has 0 saturated carbocycles. The lowest BCUT2D eigenvalue weighted by atomic mass is 10.0.